The van der Waals surface area contributed by atoms with Gasteiger partial charge in [-0.25, -0.2) is 4.79 Å². The summed E-state index contributed by atoms with van der Waals surface area (Å²) in [5, 5.41) is 3.09. The number of halogens is 1. The van der Waals surface area contributed by atoms with Crippen LogP contribution in [0, 0.1) is 0 Å². The van der Waals surface area contributed by atoms with Gasteiger partial charge in [-0.05, 0) is 67.6 Å². The molecule has 0 saturated heterocycles. The predicted molar refractivity (Wildman–Crippen MR) is 106 cm³/mol. The van der Waals surface area contributed by atoms with Crippen molar-refractivity contribution in [3.05, 3.63) is 52.5 Å². The van der Waals surface area contributed by atoms with E-state index in [0.29, 0.717) is 22.2 Å². The van der Waals surface area contributed by atoms with Gasteiger partial charge in [0, 0.05) is 5.02 Å². The summed E-state index contributed by atoms with van der Waals surface area (Å²) >= 11 is 5.95. The van der Waals surface area contributed by atoms with E-state index in [4.69, 9.17) is 25.8 Å². The summed E-state index contributed by atoms with van der Waals surface area (Å²) in [5.41, 5.74) is 2.99. The molecule has 1 atom stereocenters. The van der Waals surface area contributed by atoms with E-state index in [1.165, 1.54) is 25.2 Å². The van der Waals surface area contributed by atoms with Gasteiger partial charge in [0.25, 0.3) is 5.91 Å². The van der Waals surface area contributed by atoms with Crippen molar-refractivity contribution in [1.82, 2.24) is 0 Å². The number of anilines is 1. The number of aryl methyl sites for hydroxylation is 2. The zero-order valence-corrected chi connectivity index (χ0v) is 16.5. The Hall–Kier alpha value is -2.73. The summed E-state index contributed by atoms with van der Waals surface area (Å²) in [6, 6.07) is 10.7. The van der Waals surface area contributed by atoms with E-state index in [1.54, 1.807) is 18.2 Å². The second-order valence-corrected chi connectivity index (χ2v) is 6.98. The minimum absolute atomic E-state index is 0.267. The van der Waals surface area contributed by atoms with E-state index >= 15 is 0 Å². The van der Waals surface area contributed by atoms with Gasteiger partial charge in [-0.15, -0.1) is 0 Å². The fraction of sp³-hybridized carbons (Fsp3) is 0.333. The molecule has 3 rings (SSSR count). The van der Waals surface area contributed by atoms with E-state index in [9.17, 15) is 9.59 Å². The van der Waals surface area contributed by atoms with Crippen LogP contribution in [0.15, 0.2) is 36.4 Å². The van der Waals surface area contributed by atoms with Crippen LogP contribution in [-0.2, 0) is 27.2 Å². The molecule has 0 fully saturated rings. The number of fused-ring (bicyclic) bond motifs is 1. The largest absolute Gasteiger partial charge is 0.495 e. The molecule has 0 heterocycles. The van der Waals surface area contributed by atoms with Crippen molar-refractivity contribution >= 4 is 29.2 Å². The van der Waals surface area contributed by atoms with Crippen LogP contribution in [0.25, 0.3) is 0 Å². The number of rotatable bonds is 7. The molecule has 0 unspecified atom stereocenters. The first-order valence-electron chi connectivity index (χ1n) is 9.04. The van der Waals surface area contributed by atoms with Crippen molar-refractivity contribution in [1.29, 1.82) is 0 Å². The Bertz CT molecular complexity index is 883. The Morgan fingerprint density at radius 1 is 1.14 bits per heavy atom. The van der Waals surface area contributed by atoms with Crippen molar-refractivity contribution in [3.63, 3.8) is 0 Å². The maximum Gasteiger partial charge on any atom is 0.344 e. The molecule has 1 aliphatic rings. The van der Waals surface area contributed by atoms with Gasteiger partial charge in [-0.1, -0.05) is 17.7 Å². The summed E-state index contributed by atoms with van der Waals surface area (Å²) in [7, 11) is 1.48. The van der Waals surface area contributed by atoms with Crippen molar-refractivity contribution < 1.29 is 23.8 Å². The molecule has 1 amide bonds. The topological polar surface area (TPSA) is 73.9 Å². The Morgan fingerprint density at radius 3 is 2.71 bits per heavy atom. The van der Waals surface area contributed by atoms with E-state index in [2.05, 4.69) is 5.32 Å². The first-order chi connectivity index (χ1) is 13.5. The zero-order valence-electron chi connectivity index (χ0n) is 15.8. The van der Waals surface area contributed by atoms with E-state index in [1.807, 2.05) is 18.2 Å². The van der Waals surface area contributed by atoms with Gasteiger partial charge >= 0.3 is 5.97 Å². The first-order valence-corrected chi connectivity index (χ1v) is 9.42. The van der Waals surface area contributed by atoms with Crippen LogP contribution >= 0.6 is 11.6 Å². The molecule has 0 aromatic heterocycles. The van der Waals surface area contributed by atoms with E-state index < -0.39 is 18.0 Å². The number of amides is 1. The molecule has 1 N–H and O–H groups in total. The number of carbonyl (C=O) groups is 2. The second kappa shape index (κ2) is 8.97. The highest BCUT2D eigenvalue weighted by Gasteiger charge is 2.20. The standard InChI is InChI=1S/C21H22ClNO5/c1-13(21(25)23-18-11-16(22)7-9-19(18)26-2)28-20(24)12-27-17-8-6-14-4-3-5-15(14)10-17/h6-11,13H,3-5,12H2,1-2H3,(H,23,25)/t13-/m1/s1. The molecule has 0 radical (unpaired) electrons. The van der Waals surface area contributed by atoms with Crippen molar-refractivity contribution in [3.8, 4) is 11.5 Å². The lowest BCUT2D eigenvalue weighted by atomic mass is 10.1. The maximum absolute atomic E-state index is 12.3. The molecule has 0 spiro atoms. The number of ether oxygens (including phenoxy) is 3. The minimum Gasteiger partial charge on any atom is -0.495 e. The average Bonchev–Trinajstić information content (AvgIpc) is 3.14. The number of nitrogens with one attached hydrogen (secondary N) is 1. The summed E-state index contributed by atoms with van der Waals surface area (Å²) in [6.07, 6.45) is 2.26. The molecule has 6 nitrogen and oxygen atoms in total. The predicted octanol–water partition coefficient (Wildman–Crippen LogP) is 3.79. The Morgan fingerprint density at radius 2 is 1.93 bits per heavy atom. The molecule has 2 aromatic rings. The van der Waals surface area contributed by atoms with Crippen molar-refractivity contribution in [2.24, 2.45) is 0 Å². The van der Waals surface area contributed by atoms with Gasteiger partial charge in [0.15, 0.2) is 12.7 Å². The van der Waals surface area contributed by atoms with E-state index in [-0.39, 0.29) is 6.61 Å². The van der Waals surface area contributed by atoms with Crippen LogP contribution in [0.3, 0.4) is 0 Å². The SMILES string of the molecule is COc1ccc(Cl)cc1NC(=O)[C@@H](C)OC(=O)COc1ccc2c(c1)CCC2. The second-order valence-electron chi connectivity index (χ2n) is 6.54. The lowest BCUT2D eigenvalue weighted by molar-refractivity contribution is -0.155. The minimum atomic E-state index is -1.00. The average molecular weight is 404 g/mol. The fourth-order valence-electron chi connectivity index (χ4n) is 3.08. The zero-order chi connectivity index (χ0) is 20.1. The van der Waals surface area contributed by atoms with Crippen molar-refractivity contribution in [2.75, 3.05) is 19.0 Å². The smallest absolute Gasteiger partial charge is 0.344 e. The molecule has 148 valence electrons. The molecule has 1 aliphatic carbocycles. The summed E-state index contributed by atoms with van der Waals surface area (Å²) in [4.78, 5) is 24.3. The number of esters is 1. The third-order valence-corrected chi connectivity index (χ3v) is 4.76. The first kappa shape index (κ1) is 20.0. The van der Waals surface area contributed by atoms with Crippen LogP contribution in [-0.4, -0.2) is 31.7 Å². The van der Waals surface area contributed by atoms with Crippen LogP contribution in [0.2, 0.25) is 5.02 Å². The third kappa shape index (κ3) is 4.95. The van der Waals surface area contributed by atoms with Gasteiger partial charge in [-0.3, -0.25) is 4.79 Å². The molecule has 0 aliphatic heterocycles. The Labute approximate surface area is 168 Å². The number of hydrogen-bond acceptors (Lipinski definition) is 5. The number of hydrogen-bond donors (Lipinski definition) is 1. The number of carbonyl (C=O) groups excluding carboxylic acids is 2. The highest BCUT2D eigenvalue weighted by Crippen LogP contribution is 2.28. The molecule has 2 aromatic carbocycles. The van der Waals surface area contributed by atoms with Crippen molar-refractivity contribution in [2.45, 2.75) is 32.3 Å². The van der Waals surface area contributed by atoms with Crippen LogP contribution in [0.1, 0.15) is 24.5 Å². The molecular weight excluding hydrogens is 382 g/mol. The quantitative estimate of drug-likeness (QED) is 0.712. The maximum atomic E-state index is 12.3. The molecule has 28 heavy (non-hydrogen) atoms. The number of benzene rings is 2. The summed E-state index contributed by atoms with van der Waals surface area (Å²) < 4.78 is 15.8. The number of methoxy groups -OCH3 is 1. The van der Waals surface area contributed by atoms with Crippen LogP contribution in [0.4, 0.5) is 5.69 Å². The monoisotopic (exact) mass is 403 g/mol. The van der Waals surface area contributed by atoms with E-state index in [0.717, 1.165) is 19.3 Å². The molecule has 0 bridgehead atoms. The van der Waals surface area contributed by atoms with Gasteiger partial charge in [0.2, 0.25) is 0 Å². The lowest BCUT2D eigenvalue weighted by Crippen LogP contribution is -2.31. The summed E-state index contributed by atoms with van der Waals surface area (Å²) in [6.45, 7) is 1.22. The van der Waals surface area contributed by atoms with Gasteiger partial charge in [-0.2, -0.15) is 0 Å². The van der Waals surface area contributed by atoms with Gasteiger partial charge in [0.05, 0.1) is 12.8 Å². The van der Waals surface area contributed by atoms with Gasteiger partial charge < -0.3 is 19.5 Å². The van der Waals surface area contributed by atoms with Crippen LogP contribution < -0.4 is 14.8 Å². The van der Waals surface area contributed by atoms with Crippen LogP contribution in [0.5, 0.6) is 11.5 Å². The Balaban J connectivity index is 1.51. The molecule has 0 saturated carbocycles. The fourth-order valence-corrected chi connectivity index (χ4v) is 3.25. The highest BCUT2D eigenvalue weighted by atomic mass is 35.5. The molecular formula is C21H22ClNO5. The Kier molecular flexibility index (Phi) is 6.41. The van der Waals surface area contributed by atoms with Gasteiger partial charge in [0.1, 0.15) is 11.5 Å². The normalized spacial score (nSPS) is 13.4. The third-order valence-electron chi connectivity index (χ3n) is 4.52. The lowest BCUT2D eigenvalue weighted by Gasteiger charge is -2.15. The summed E-state index contributed by atoms with van der Waals surface area (Å²) in [5.74, 6) is -0.0396. The molecule has 7 heteroatoms. The highest BCUT2D eigenvalue weighted by molar-refractivity contribution is 6.31.